The van der Waals surface area contributed by atoms with Crippen LogP contribution in [0.3, 0.4) is 0 Å². The third kappa shape index (κ3) is 7.91. The summed E-state index contributed by atoms with van der Waals surface area (Å²) < 4.78 is 12.1. The molecule has 0 aromatic carbocycles. The second-order valence-electron chi connectivity index (χ2n) is 8.50. The lowest BCUT2D eigenvalue weighted by atomic mass is 10.2. The molecule has 2 nitrogen and oxygen atoms in total. The molecule has 4 heteroatoms. The summed E-state index contributed by atoms with van der Waals surface area (Å²) in [4.78, 5) is 0. The molecule has 0 aliphatic carbocycles. The van der Waals surface area contributed by atoms with E-state index in [0.29, 0.717) is 0 Å². The van der Waals surface area contributed by atoms with Crippen LogP contribution in [0, 0.1) is 0 Å². The second kappa shape index (κ2) is 7.68. The standard InChI is InChI=1S/C17H36O2Si2/c1-11-16(19-21(9,10)17(3,4)5)15(2)14-18-12-13-20(6,7)8/h11,14H,12-13H2,1-10H3/b15-14+,16-11-. The van der Waals surface area contributed by atoms with E-state index in [0.717, 1.165) is 17.9 Å². The largest absolute Gasteiger partial charge is 0.543 e. The summed E-state index contributed by atoms with van der Waals surface area (Å²) in [7, 11) is -2.81. The molecule has 0 amide bonds. The van der Waals surface area contributed by atoms with Gasteiger partial charge in [-0.05, 0) is 44.1 Å². The van der Waals surface area contributed by atoms with Crippen molar-refractivity contribution in [1.29, 1.82) is 0 Å². The zero-order valence-corrected chi connectivity index (χ0v) is 17.9. The van der Waals surface area contributed by atoms with Crippen molar-refractivity contribution < 1.29 is 9.16 Å². The van der Waals surface area contributed by atoms with Crippen LogP contribution in [0.2, 0.25) is 43.8 Å². The molecule has 0 spiro atoms. The van der Waals surface area contributed by atoms with Crippen LogP contribution in [0.4, 0.5) is 0 Å². The molecule has 21 heavy (non-hydrogen) atoms. The zero-order valence-electron chi connectivity index (χ0n) is 15.9. The fourth-order valence-electron chi connectivity index (χ4n) is 1.40. The van der Waals surface area contributed by atoms with Gasteiger partial charge in [0.1, 0.15) is 5.76 Å². The average molecular weight is 329 g/mol. The van der Waals surface area contributed by atoms with E-state index < -0.39 is 16.4 Å². The lowest BCUT2D eigenvalue weighted by molar-refractivity contribution is 0.262. The molecule has 0 fully saturated rings. The summed E-state index contributed by atoms with van der Waals surface area (Å²) in [6.07, 6.45) is 3.91. The number of hydrogen-bond acceptors (Lipinski definition) is 2. The minimum Gasteiger partial charge on any atom is -0.543 e. The minimum atomic E-state index is -1.79. The van der Waals surface area contributed by atoms with Crippen LogP contribution >= 0.6 is 0 Å². The van der Waals surface area contributed by atoms with Gasteiger partial charge in [-0.15, -0.1) is 0 Å². The van der Waals surface area contributed by atoms with E-state index in [-0.39, 0.29) is 5.04 Å². The topological polar surface area (TPSA) is 18.5 Å². The molecule has 0 aromatic rings. The molecular formula is C17H36O2Si2. The van der Waals surface area contributed by atoms with E-state index in [1.54, 1.807) is 0 Å². The lowest BCUT2D eigenvalue weighted by Gasteiger charge is -2.37. The molecule has 0 heterocycles. The normalized spacial score (nSPS) is 15.1. The highest BCUT2D eigenvalue weighted by molar-refractivity contribution is 6.76. The van der Waals surface area contributed by atoms with Gasteiger partial charge in [0.25, 0.3) is 0 Å². The van der Waals surface area contributed by atoms with Crippen LogP contribution in [-0.2, 0) is 9.16 Å². The van der Waals surface area contributed by atoms with Gasteiger partial charge in [-0.25, -0.2) is 0 Å². The van der Waals surface area contributed by atoms with Gasteiger partial charge < -0.3 is 9.16 Å². The van der Waals surface area contributed by atoms with Crippen molar-refractivity contribution in [2.45, 2.75) is 78.4 Å². The molecule has 0 rings (SSSR count). The number of ether oxygens (including phenoxy) is 1. The Hall–Kier alpha value is -0.486. The van der Waals surface area contributed by atoms with Gasteiger partial charge in [-0.3, -0.25) is 0 Å². The molecule has 0 radical (unpaired) electrons. The molecule has 124 valence electrons. The maximum absolute atomic E-state index is 6.37. The summed E-state index contributed by atoms with van der Waals surface area (Å²) in [6, 6.07) is 1.19. The van der Waals surface area contributed by atoms with E-state index in [2.05, 4.69) is 60.4 Å². The summed E-state index contributed by atoms with van der Waals surface area (Å²) in [6.45, 7) is 23.3. The highest BCUT2D eigenvalue weighted by Gasteiger charge is 2.39. The maximum atomic E-state index is 6.37. The minimum absolute atomic E-state index is 0.209. The Morgan fingerprint density at radius 3 is 1.95 bits per heavy atom. The summed E-state index contributed by atoms with van der Waals surface area (Å²) >= 11 is 0. The van der Waals surface area contributed by atoms with Gasteiger partial charge in [0, 0.05) is 13.6 Å². The van der Waals surface area contributed by atoms with Crippen LogP contribution in [0.25, 0.3) is 0 Å². The fraction of sp³-hybridized carbons (Fsp3) is 0.765. The highest BCUT2D eigenvalue weighted by atomic mass is 28.4. The molecule has 0 saturated carbocycles. The number of rotatable bonds is 7. The van der Waals surface area contributed by atoms with E-state index in [4.69, 9.17) is 9.16 Å². The predicted octanol–water partition coefficient (Wildman–Crippen LogP) is 6.17. The second-order valence-corrected chi connectivity index (χ2v) is 18.8. The van der Waals surface area contributed by atoms with Gasteiger partial charge in [0.05, 0.1) is 12.9 Å². The smallest absolute Gasteiger partial charge is 0.250 e. The molecule has 0 N–H and O–H groups in total. The molecule has 0 aliphatic heterocycles. The van der Waals surface area contributed by atoms with Crippen LogP contribution in [0.15, 0.2) is 23.7 Å². The Balaban J connectivity index is 4.68. The first kappa shape index (κ1) is 20.5. The maximum Gasteiger partial charge on any atom is 0.250 e. The predicted molar refractivity (Wildman–Crippen MR) is 99.9 cm³/mol. The third-order valence-corrected chi connectivity index (χ3v) is 10.1. The first-order chi connectivity index (χ1) is 9.30. The Morgan fingerprint density at radius 2 is 1.57 bits per heavy atom. The Bertz CT molecular complexity index is 383. The monoisotopic (exact) mass is 328 g/mol. The van der Waals surface area contributed by atoms with Gasteiger partial charge in [0.2, 0.25) is 8.32 Å². The molecule has 0 unspecified atom stereocenters. The number of hydrogen-bond donors (Lipinski definition) is 0. The first-order valence-electron chi connectivity index (χ1n) is 7.94. The van der Waals surface area contributed by atoms with Crippen LogP contribution in [-0.4, -0.2) is 23.0 Å². The van der Waals surface area contributed by atoms with E-state index >= 15 is 0 Å². The molecule has 0 bridgehead atoms. The average Bonchev–Trinajstić information content (AvgIpc) is 2.28. The molecule has 0 aliphatic rings. The van der Waals surface area contributed by atoms with Crippen molar-refractivity contribution in [2.75, 3.05) is 6.61 Å². The summed E-state index contributed by atoms with van der Waals surface area (Å²) in [5.41, 5.74) is 1.08. The Labute approximate surface area is 134 Å². The third-order valence-electron chi connectivity index (χ3n) is 4.05. The summed E-state index contributed by atoms with van der Waals surface area (Å²) in [5.74, 6) is 0.967. The van der Waals surface area contributed by atoms with Crippen molar-refractivity contribution >= 4 is 16.4 Å². The van der Waals surface area contributed by atoms with Crippen molar-refractivity contribution in [1.82, 2.24) is 0 Å². The zero-order chi connectivity index (χ0) is 16.9. The van der Waals surface area contributed by atoms with Crippen molar-refractivity contribution in [3.8, 4) is 0 Å². The van der Waals surface area contributed by atoms with Gasteiger partial charge in [-0.2, -0.15) is 0 Å². The van der Waals surface area contributed by atoms with Crippen molar-refractivity contribution in [2.24, 2.45) is 0 Å². The van der Waals surface area contributed by atoms with E-state index in [1.165, 1.54) is 6.04 Å². The van der Waals surface area contributed by atoms with Crippen LogP contribution in [0.1, 0.15) is 34.6 Å². The highest BCUT2D eigenvalue weighted by Crippen LogP contribution is 2.38. The Morgan fingerprint density at radius 1 is 1.05 bits per heavy atom. The van der Waals surface area contributed by atoms with Gasteiger partial charge in [-0.1, -0.05) is 40.4 Å². The fourth-order valence-corrected chi connectivity index (χ4v) is 3.27. The lowest BCUT2D eigenvalue weighted by Crippen LogP contribution is -2.40. The van der Waals surface area contributed by atoms with E-state index in [9.17, 15) is 0 Å². The summed E-state index contributed by atoms with van der Waals surface area (Å²) in [5, 5.41) is 0.209. The van der Waals surface area contributed by atoms with Crippen molar-refractivity contribution in [3.05, 3.63) is 23.7 Å². The number of allylic oxidation sites excluding steroid dienone is 2. The van der Waals surface area contributed by atoms with Gasteiger partial charge in [0.15, 0.2) is 0 Å². The van der Waals surface area contributed by atoms with Crippen LogP contribution < -0.4 is 0 Å². The van der Waals surface area contributed by atoms with E-state index in [1.807, 2.05) is 19.3 Å². The molecule has 0 atom stereocenters. The van der Waals surface area contributed by atoms with Crippen molar-refractivity contribution in [3.63, 3.8) is 0 Å². The SMILES string of the molecule is C/C=C(O[Si](C)(C)C(C)(C)C)/C(C)=C/OCC[Si](C)(C)C. The first-order valence-corrected chi connectivity index (χ1v) is 14.6. The molecule has 0 aromatic heterocycles. The van der Waals surface area contributed by atoms with Crippen LogP contribution in [0.5, 0.6) is 0 Å². The Kier molecular flexibility index (Phi) is 7.50. The molecule has 0 saturated heterocycles. The van der Waals surface area contributed by atoms with Gasteiger partial charge >= 0.3 is 0 Å². The quantitative estimate of drug-likeness (QED) is 0.241. The molecular weight excluding hydrogens is 292 g/mol.